The molecule has 6 heterocycles. The lowest BCUT2D eigenvalue weighted by atomic mass is 9.94. The van der Waals surface area contributed by atoms with Crippen molar-refractivity contribution in [2.24, 2.45) is 10.9 Å². The summed E-state index contributed by atoms with van der Waals surface area (Å²) in [4.78, 5) is 40.0. The molecular weight excluding hydrogens is 526 g/mol. The first-order chi connectivity index (χ1) is 20.6. The molecule has 0 saturated carbocycles. The van der Waals surface area contributed by atoms with E-state index in [1.807, 2.05) is 61.5 Å². The van der Waals surface area contributed by atoms with Gasteiger partial charge in [0.15, 0.2) is 5.82 Å². The molecule has 4 aromatic heterocycles. The standard InChI is InChI=1S/C32H31N9O/c1-19-36-27-9-8-24(21-16-22(18-34-17-21)38-28(42)15-20-10-13-33-14-11-20)39-30(27)31(37-19)32-40-26-7-4-5-23(29(26)41-32)25-6-2-3-12-35-25/h2-9,12,16-20,33,36H,10-11,13-15H2,1H3,(H,38,42)(H,40,41)/t19-/m1/s1. The third kappa shape index (κ3) is 5.24. The van der Waals surface area contributed by atoms with Crippen molar-refractivity contribution < 1.29 is 4.79 Å². The van der Waals surface area contributed by atoms with Crippen molar-refractivity contribution >= 4 is 34.0 Å². The van der Waals surface area contributed by atoms with Gasteiger partial charge in [-0.3, -0.25) is 19.8 Å². The Balaban J connectivity index is 1.20. The number of pyridine rings is 3. The molecule has 42 heavy (non-hydrogen) atoms. The minimum absolute atomic E-state index is 0.0156. The van der Waals surface area contributed by atoms with Crippen molar-refractivity contribution in [2.75, 3.05) is 23.7 Å². The van der Waals surface area contributed by atoms with Crippen molar-refractivity contribution in [1.82, 2.24) is 30.2 Å². The van der Waals surface area contributed by atoms with Crippen LogP contribution in [-0.4, -0.2) is 55.8 Å². The van der Waals surface area contributed by atoms with Crippen LogP contribution in [0.3, 0.4) is 0 Å². The number of imidazole rings is 1. The second kappa shape index (κ2) is 11.1. The molecule has 0 spiro atoms. The highest BCUT2D eigenvalue weighted by Crippen LogP contribution is 2.31. The molecule has 2 aliphatic rings. The summed E-state index contributed by atoms with van der Waals surface area (Å²) in [6.45, 7) is 3.94. The number of nitrogens with zero attached hydrogens (tertiary/aromatic N) is 5. The van der Waals surface area contributed by atoms with Crippen LogP contribution in [0.1, 0.15) is 37.7 Å². The average Bonchev–Trinajstić information content (AvgIpc) is 3.46. The van der Waals surface area contributed by atoms with Gasteiger partial charge in [-0.15, -0.1) is 0 Å². The molecule has 4 N–H and O–H groups in total. The highest BCUT2D eigenvalue weighted by molar-refractivity contribution is 6.15. The number of aromatic amines is 1. The fourth-order valence-corrected chi connectivity index (χ4v) is 5.68. The second-order valence-electron chi connectivity index (χ2n) is 10.8. The molecule has 0 unspecified atom stereocenters. The first kappa shape index (κ1) is 26.0. The Kier molecular flexibility index (Phi) is 6.89. The third-order valence-electron chi connectivity index (χ3n) is 7.74. The monoisotopic (exact) mass is 557 g/mol. The molecule has 0 bridgehead atoms. The lowest BCUT2D eigenvalue weighted by molar-refractivity contribution is -0.117. The van der Waals surface area contributed by atoms with Crippen molar-refractivity contribution in [3.63, 3.8) is 0 Å². The highest BCUT2D eigenvalue weighted by Gasteiger charge is 2.25. The number of benzene rings is 1. The number of anilines is 2. The van der Waals surface area contributed by atoms with E-state index in [9.17, 15) is 4.79 Å². The van der Waals surface area contributed by atoms with E-state index in [1.54, 1.807) is 18.6 Å². The summed E-state index contributed by atoms with van der Waals surface area (Å²) in [5.41, 5.74) is 7.98. The SMILES string of the molecule is C[C@H]1N=C(c2nc3c(-c4ccccn4)cccc3[nH]2)c2nc(-c3cncc(NC(=O)CC4CCNCC4)c3)ccc2N1. The van der Waals surface area contributed by atoms with Gasteiger partial charge in [0.2, 0.25) is 5.91 Å². The number of carbonyl (C=O) groups excluding carboxylic acids is 1. The topological polar surface area (TPSA) is 133 Å². The van der Waals surface area contributed by atoms with E-state index in [-0.39, 0.29) is 12.1 Å². The number of H-pyrrole nitrogens is 1. The zero-order valence-corrected chi connectivity index (χ0v) is 23.3. The van der Waals surface area contributed by atoms with Gasteiger partial charge >= 0.3 is 0 Å². The zero-order chi connectivity index (χ0) is 28.5. The van der Waals surface area contributed by atoms with Gasteiger partial charge in [-0.2, -0.15) is 0 Å². The summed E-state index contributed by atoms with van der Waals surface area (Å²) >= 11 is 0. The van der Waals surface area contributed by atoms with Gasteiger partial charge in [-0.25, -0.2) is 9.97 Å². The summed E-state index contributed by atoms with van der Waals surface area (Å²) in [7, 11) is 0. The number of carbonyl (C=O) groups is 1. The van der Waals surface area contributed by atoms with Crippen LogP contribution in [0, 0.1) is 5.92 Å². The number of fused-ring (bicyclic) bond motifs is 2. The Morgan fingerprint density at radius 1 is 1.00 bits per heavy atom. The van der Waals surface area contributed by atoms with E-state index in [0.717, 1.165) is 65.2 Å². The Morgan fingerprint density at radius 3 is 2.76 bits per heavy atom. The smallest absolute Gasteiger partial charge is 0.224 e. The number of amides is 1. The number of rotatable bonds is 6. The number of aromatic nitrogens is 5. The summed E-state index contributed by atoms with van der Waals surface area (Å²) in [5.74, 6) is 1.07. The molecule has 1 saturated heterocycles. The van der Waals surface area contributed by atoms with Gasteiger partial charge in [0.1, 0.15) is 17.6 Å². The number of para-hydroxylation sites is 1. The normalized spacial score (nSPS) is 16.9. The van der Waals surface area contributed by atoms with Gasteiger partial charge in [0, 0.05) is 29.9 Å². The molecule has 1 amide bonds. The summed E-state index contributed by atoms with van der Waals surface area (Å²) in [6, 6.07) is 17.8. The molecule has 10 nitrogen and oxygen atoms in total. The maximum absolute atomic E-state index is 12.7. The molecule has 7 rings (SSSR count). The Hall–Kier alpha value is -4.96. The van der Waals surface area contributed by atoms with E-state index in [1.165, 1.54) is 0 Å². The Labute approximate surface area is 243 Å². The number of nitrogens with one attached hydrogen (secondary N) is 4. The number of hydrogen-bond donors (Lipinski definition) is 4. The van der Waals surface area contributed by atoms with Crippen LogP contribution in [0.5, 0.6) is 0 Å². The average molecular weight is 558 g/mol. The lowest BCUT2D eigenvalue weighted by Gasteiger charge is -2.22. The highest BCUT2D eigenvalue weighted by atomic mass is 16.1. The maximum atomic E-state index is 12.7. The van der Waals surface area contributed by atoms with E-state index in [0.29, 0.717) is 35.3 Å². The molecule has 1 fully saturated rings. The van der Waals surface area contributed by atoms with Crippen molar-refractivity contribution in [1.29, 1.82) is 0 Å². The summed E-state index contributed by atoms with van der Waals surface area (Å²) < 4.78 is 0. The molecule has 0 radical (unpaired) electrons. The van der Waals surface area contributed by atoms with Crippen LogP contribution in [0.4, 0.5) is 11.4 Å². The second-order valence-corrected chi connectivity index (χ2v) is 10.8. The van der Waals surface area contributed by atoms with Crippen LogP contribution in [0.25, 0.3) is 33.5 Å². The van der Waals surface area contributed by atoms with Gasteiger partial charge in [0.25, 0.3) is 0 Å². The fourth-order valence-electron chi connectivity index (χ4n) is 5.68. The molecule has 10 heteroatoms. The number of aliphatic imine (C=N–C) groups is 1. The van der Waals surface area contributed by atoms with Gasteiger partial charge in [0.05, 0.1) is 40.0 Å². The summed E-state index contributed by atoms with van der Waals surface area (Å²) in [5, 5.41) is 9.78. The fraction of sp³-hybridized carbons (Fsp3) is 0.250. The van der Waals surface area contributed by atoms with Crippen LogP contribution in [0.15, 0.2) is 78.2 Å². The van der Waals surface area contributed by atoms with Crippen LogP contribution < -0.4 is 16.0 Å². The van der Waals surface area contributed by atoms with Crippen molar-refractivity contribution in [3.8, 4) is 22.5 Å². The Bertz CT molecular complexity index is 1790. The quantitative estimate of drug-likeness (QED) is 0.230. The van der Waals surface area contributed by atoms with E-state index >= 15 is 0 Å². The molecule has 2 aliphatic heterocycles. The lowest BCUT2D eigenvalue weighted by Crippen LogP contribution is -2.30. The molecule has 5 aromatic rings. The van der Waals surface area contributed by atoms with Gasteiger partial charge in [-0.1, -0.05) is 18.2 Å². The summed E-state index contributed by atoms with van der Waals surface area (Å²) in [6.07, 6.45) is 7.63. The van der Waals surface area contributed by atoms with Crippen molar-refractivity contribution in [3.05, 3.63) is 84.7 Å². The molecular formula is C32H31N9O. The van der Waals surface area contributed by atoms with Crippen LogP contribution >= 0.6 is 0 Å². The first-order valence-electron chi connectivity index (χ1n) is 14.3. The van der Waals surface area contributed by atoms with Gasteiger partial charge < -0.3 is 20.9 Å². The Morgan fingerprint density at radius 2 is 1.90 bits per heavy atom. The predicted octanol–water partition coefficient (Wildman–Crippen LogP) is 5.02. The largest absolute Gasteiger partial charge is 0.362 e. The third-order valence-corrected chi connectivity index (χ3v) is 7.74. The maximum Gasteiger partial charge on any atom is 0.224 e. The minimum Gasteiger partial charge on any atom is -0.362 e. The molecule has 0 aliphatic carbocycles. The minimum atomic E-state index is -0.149. The number of hydrogen-bond acceptors (Lipinski definition) is 8. The van der Waals surface area contributed by atoms with E-state index in [2.05, 4.69) is 30.9 Å². The number of piperidine rings is 1. The zero-order valence-electron chi connectivity index (χ0n) is 23.3. The molecule has 1 atom stereocenters. The van der Waals surface area contributed by atoms with E-state index < -0.39 is 0 Å². The molecule has 210 valence electrons. The van der Waals surface area contributed by atoms with Crippen LogP contribution in [-0.2, 0) is 4.79 Å². The van der Waals surface area contributed by atoms with Crippen LogP contribution in [0.2, 0.25) is 0 Å². The van der Waals surface area contributed by atoms with Crippen molar-refractivity contribution in [2.45, 2.75) is 32.4 Å². The predicted molar refractivity (Wildman–Crippen MR) is 164 cm³/mol. The van der Waals surface area contributed by atoms with Gasteiger partial charge in [-0.05, 0) is 75.2 Å². The first-order valence-corrected chi connectivity index (χ1v) is 14.3. The van der Waals surface area contributed by atoms with E-state index in [4.69, 9.17) is 15.0 Å². The molecule has 1 aromatic carbocycles.